The van der Waals surface area contributed by atoms with Gasteiger partial charge in [0.2, 0.25) is 5.91 Å². The van der Waals surface area contributed by atoms with Crippen LogP contribution in [0.2, 0.25) is 0 Å². The van der Waals surface area contributed by atoms with Crippen LogP contribution in [0.1, 0.15) is 64.5 Å². The van der Waals surface area contributed by atoms with E-state index in [0.717, 1.165) is 15.9 Å². The van der Waals surface area contributed by atoms with Gasteiger partial charge < -0.3 is 15.2 Å². The minimum absolute atomic E-state index is 0.00919. The molecule has 11 nitrogen and oxygen atoms in total. The van der Waals surface area contributed by atoms with Crippen LogP contribution in [-0.4, -0.2) is 52.8 Å². The van der Waals surface area contributed by atoms with E-state index in [2.05, 4.69) is 22.2 Å². The molecule has 13 heteroatoms. The molecule has 0 bridgehead atoms. The van der Waals surface area contributed by atoms with Gasteiger partial charge in [0, 0.05) is 49.2 Å². The number of fused-ring (bicyclic) bond motifs is 1. The Bertz CT molecular complexity index is 1610. The second kappa shape index (κ2) is 13.4. The molecule has 0 aliphatic carbocycles. The molecule has 0 fully saturated rings. The summed E-state index contributed by atoms with van der Waals surface area (Å²) in [5.74, 6) is -1.04. The number of ether oxygens (including phenoxy) is 1. The molecule has 0 saturated heterocycles. The predicted molar refractivity (Wildman–Crippen MR) is 166 cm³/mol. The van der Waals surface area contributed by atoms with Gasteiger partial charge in [-0.15, -0.1) is 5.12 Å². The monoisotopic (exact) mass is 602 g/mol. The summed E-state index contributed by atoms with van der Waals surface area (Å²) in [5, 5.41) is 22.6. The molecular weight excluding hydrogens is 563 g/mol. The first-order valence-electron chi connectivity index (χ1n) is 13.6. The lowest BCUT2D eigenvalue weighted by atomic mass is 9.93. The van der Waals surface area contributed by atoms with E-state index in [9.17, 15) is 23.9 Å². The summed E-state index contributed by atoms with van der Waals surface area (Å²) in [6.07, 6.45) is 2.28. The Morgan fingerprint density at radius 2 is 2.02 bits per heavy atom. The zero-order valence-electron chi connectivity index (χ0n) is 25.1. The van der Waals surface area contributed by atoms with Crippen LogP contribution in [0.25, 0.3) is 10.2 Å². The van der Waals surface area contributed by atoms with Gasteiger partial charge in [0.15, 0.2) is 0 Å². The van der Waals surface area contributed by atoms with Crippen molar-refractivity contribution in [3.8, 4) is 5.75 Å². The molecular formula is C29H39FN6O5S. The van der Waals surface area contributed by atoms with Crippen molar-refractivity contribution in [3.05, 3.63) is 56.0 Å². The highest BCUT2D eigenvalue weighted by Gasteiger charge is 2.36. The highest BCUT2D eigenvalue weighted by Crippen LogP contribution is 2.38. The van der Waals surface area contributed by atoms with Crippen molar-refractivity contribution >= 4 is 45.4 Å². The first kappa shape index (κ1) is 32.7. The highest BCUT2D eigenvalue weighted by molar-refractivity contribution is 7.22. The van der Waals surface area contributed by atoms with Crippen LogP contribution in [-0.2, 0) is 16.9 Å². The van der Waals surface area contributed by atoms with Gasteiger partial charge in [-0.2, -0.15) is 10.2 Å². The number of hydrazone groups is 2. The third-order valence-corrected chi connectivity index (χ3v) is 8.29. The zero-order valence-corrected chi connectivity index (χ0v) is 25.9. The summed E-state index contributed by atoms with van der Waals surface area (Å²) in [4.78, 5) is 42.0. The molecule has 2 aromatic heterocycles. The molecule has 228 valence electrons. The average molecular weight is 603 g/mol. The molecule has 0 aliphatic heterocycles. The van der Waals surface area contributed by atoms with E-state index in [1.807, 2.05) is 0 Å². The number of nitrogens with one attached hydrogen (secondary N) is 1. The van der Waals surface area contributed by atoms with Gasteiger partial charge in [-0.25, -0.2) is 13.8 Å². The zero-order chi connectivity index (χ0) is 31.4. The molecule has 0 spiro atoms. The van der Waals surface area contributed by atoms with Crippen molar-refractivity contribution in [3.63, 3.8) is 0 Å². The number of benzene rings is 1. The minimum atomic E-state index is -1.56. The fraction of sp³-hybridized carbons (Fsp3) is 0.483. The maximum Gasteiger partial charge on any atom is 0.333 e. The number of aliphatic hydroxyl groups is 1. The van der Waals surface area contributed by atoms with Gasteiger partial charge in [-0.1, -0.05) is 11.3 Å². The number of hydrogen-bond donors (Lipinski definition) is 2. The summed E-state index contributed by atoms with van der Waals surface area (Å²) < 4.78 is 22.4. The maximum atomic E-state index is 14.5. The van der Waals surface area contributed by atoms with Crippen molar-refractivity contribution < 1.29 is 19.0 Å². The number of thiophene rings is 1. The minimum Gasteiger partial charge on any atom is -0.496 e. The van der Waals surface area contributed by atoms with Gasteiger partial charge in [0.25, 0.3) is 5.56 Å². The van der Waals surface area contributed by atoms with E-state index < -0.39 is 34.4 Å². The lowest BCUT2D eigenvalue weighted by Crippen LogP contribution is -2.56. The third kappa shape index (κ3) is 6.31. The molecule has 0 saturated carbocycles. The van der Waals surface area contributed by atoms with E-state index in [1.54, 1.807) is 27.7 Å². The second-order valence-corrected chi connectivity index (χ2v) is 11.7. The van der Waals surface area contributed by atoms with Crippen LogP contribution in [0.15, 0.2) is 38.0 Å². The van der Waals surface area contributed by atoms with E-state index >= 15 is 0 Å². The number of anilines is 1. The topological polar surface area (TPSA) is 131 Å². The first-order chi connectivity index (χ1) is 19.8. The first-order valence-corrected chi connectivity index (χ1v) is 14.5. The number of aromatic nitrogens is 2. The van der Waals surface area contributed by atoms with Crippen LogP contribution >= 0.6 is 11.3 Å². The third-order valence-electron chi connectivity index (χ3n) is 7.01. The predicted octanol–water partition coefficient (Wildman–Crippen LogP) is 3.92. The van der Waals surface area contributed by atoms with Crippen LogP contribution in [0.4, 0.5) is 9.39 Å². The van der Waals surface area contributed by atoms with Crippen LogP contribution in [0.5, 0.6) is 5.75 Å². The number of amides is 1. The molecule has 2 N–H and O–H groups in total. The Morgan fingerprint density at radius 3 is 2.60 bits per heavy atom. The summed E-state index contributed by atoms with van der Waals surface area (Å²) >= 11 is 1.14. The molecule has 1 atom stereocenters. The number of aryl methyl sites for hydroxylation is 1. The van der Waals surface area contributed by atoms with Crippen molar-refractivity contribution in [1.29, 1.82) is 0 Å². The Labute approximate surface area is 247 Å². The van der Waals surface area contributed by atoms with Crippen LogP contribution in [0.3, 0.4) is 0 Å². The molecule has 0 aliphatic rings. The van der Waals surface area contributed by atoms with E-state index in [4.69, 9.17) is 4.74 Å². The molecule has 0 radical (unpaired) electrons. The van der Waals surface area contributed by atoms with Gasteiger partial charge in [0.05, 0.1) is 12.5 Å². The van der Waals surface area contributed by atoms with E-state index in [0.29, 0.717) is 39.5 Å². The molecule has 3 aromatic rings. The quantitative estimate of drug-likeness (QED) is 0.225. The largest absolute Gasteiger partial charge is 0.496 e. The van der Waals surface area contributed by atoms with Crippen LogP contribution in [0, 0.1) is 12.7 Å². The Kier molecular flexibility index (Phi) is 10.4. The number of carbonyl (C=O) groups excluding carboxylic acids is 1. The van der Waals surface area contributed by atoms with Crippen LogP contribution < -0.4 is 26.4 Å². The Hall–Kier alpha value is -3.84. The number of halogens is 1. The standard InChI is InChI=1S/C29H39FN6O5S/c1-9-32-36(31-7)25-18(4)23-24(38)35(29(5,6)27(39)33-17(2)3)28(40)34(26(23)42-25)16-19(11-10-14-37)21-15-20(30)12-13-22(21)41-8/h9,12-13,15,17,19,37H,7,10-11,14,16H2,1-6,8H3,(H,33,39)/b32-9-/t19-/m0/s1. The van der Waals surface area contributed by atoms with Crippen molar-refractivity contribution in [2.24, 2.45) is 10.2 Å². The van der Waals surface area contributed by atoms with Gasteiger partial charge >= 0.3 is 5.69 Å². The van der Waals surface area contributed by atoms with Gasteiger partial charge in [0.1, 0.15) is 26.9 Å². The molecule has 1 amide bonds. The molecule has 1 aromatic carbocycles. The number of hydrogen-bond acceptors (Lipinski definition) is 9. The normalized spacial score (nSPS) is 12.7. The molecule has 3 rings (SSSR count). The molecule has 0 unspecified atom stereocenters. The SMILES string of the molecule is C=NN(/N=C\C)c1sc2c(c1C)c(=O)n(C(C)(C)C(=O)NC(C)C)c(=O)n2C[C@H](CCCO)c1cc(F)ccc1OC. The average Bonchev–Trinajstić information content (AvgIpc) is 3.27. The lowest BCUT2D eigenvalue weighted by Gasteiger charge is -2.28. The number of rotatable bonds is 13. The number of carbonyl (C=O) groups is 1. The second-order valence-electron chi connectivity index (χ2n) is 10.7. The number of nitrogens with zero attached hydrogens (tertiary/aromatic N) is 5. The van der Waals surface area contributed by atoms with Gasteiger partial charge in [-0.05, 0) is 72.6 Å². The number of methoxy groups -OCH3 is 1. The Morgan fingerprint density at radius 1 is 1.33 bits per heavy atom. The summed E-state index contributed by atoms with van der Waals surface area (Å²) in [7, 11) is 1.47. The van der Waals surface area contributed by atoms with Crippen molar-refractivity contribution in [2.75, 3.05) is 18.8 Å². The maximum absolute atomic E-state index is 14.5. The molecule has 42 heavy (non-hydrogen) atoms. The summed E-state index contributed by atoms with van der Waals surface area (Å²) in [6, 6.07) is 3.92. The molecule has 2 heterocycles. The van der Waals surface area contributed by atoms with Gasteiger partial charge in [-0.3, -0.25) is 14.2 Å². The highest BCUT2D eigenvalue weighted by atomic mass is 32.1. The Balaban J connectivity index is 2.43. The fourth-order valence-electron chi connectivity index (χ4n) is 4.91. The summed E-state index contributed by atoms with van der Waals surface area (Å²) in [6.45, 7) is 13.5. The smallest absolute Gasteiger partial charge is 0.333 e. The van der Waals surface area contributed by atoms with E-state index in [1.165, 1.54) is 55.1 Å². The van der Waals surface area contributed by atoms with E-state index in [-0.39, 0.29) is 24.6 Å². The van der Waals surface area contributed by atoms with Crippen molar-refractivity contribution in [1.82, 2.24) is 14.5 Å². The van der Waals surface area contributed by atoms with Crippen molar-refractivity contribution in [2.45, 2.75) is 78.4 Å². The fourth-order valence-corrected chi connectivity index (χ4v) is 6.14. The summed E-state index contributed by atoms with van der Waals surface area (Å²) in [5.41, 5.74) is -1.87. The number of aliphatic hydroxyl groups excluding tert-OH is 1. The lowest BCUT2D eigenvalue weighted by molar-refractivity contribution is -0.129.